The van der Waals surface area contributed by atoms with Gasteiger partial charge in [0, 0.05) is 18.9 Å². The van der Waals surface area contributed by atoms with Crippen molar-refractivity contribution in [2.75, 3.05) is 7.05 Å². The highest BCUT2D eigenvalue weighted by Crippen LogP contribution is 2.17. The Morgan fingerprint density at radius 3 is 3.15 bits per heavy atom. The van der Waals surface area contributed by atoms with Gasteiger partial charge in [0.2, 0.25) is 0 Å². The molecule has 0 amide bonds. The highest BCUT2D eigenvalue weighted by atomic mass is 79.9. The van der Waals surface area contributed by atoms with Crippen LogP contribution in [0.5, 0.6) is 0 Å². The second-order valence-electron chi connectivity index (χ2n) is 2.68. The molecule has 2 heterocycles. The zero-order chi connectivity index (χ0) is 9.26. The summed E-state index contributed by atoms with van der Waals surface area (Å²) in [5.41, 5.74) is 1.86. The summed E-state index contributed by atoms with van der Waals surface area (Å²) in [5, 5.41) is 3.06. The summed E-state index contributed by atoms with van der Waals surface area (Å²) in [5.74, 6) is 0. The van der Waals surface area contributed by atoms with Crippen molar-refractivity contribution in [2.24, 2.45) is 0 Å². The highest BCUT2D eigenvalue weighted by Gasteiger charge is 2.07. The zero-order valence-electron chi connectivity index (χ0n) is 7.16. The number of hydrogen-bond donors (Lipinski definition) is 1. The normalized spacial score (nSPS) is 10.9. The molecule has 0 radical (unpaired) electrons. The van der Waals surface area contributed by atoms with E-state index in [9.17, 15) is 0 Å². The standard InChI is InChI=1S/C8H9BrN4/c1-10-4-6-8(9)13-3-2-11-5-7(13)12-6/h2-3,5,10H,4H2,1H3. The summed E-state index contributed by atoms with van der Waals surface area (Å²) in [4.78, 5) is 8.40. The Balaban J connectivity index is 2.60. The summed E-state index contributed by atoms with van der Waals surface area (Å²) >= 11 is 3.49. The number of aromatic nitrogens is 3. The molecule has 0 aliphatic carbocycles. The third-order valence-electron chi connectivity index (χ3n) is 1.78. The van der Waals surface area contributed by atoms with Crippen molar-refractivity contribution in [3.63, 3.8) is 0 Å². The molecular formula is C8H9BrN4. The Labute approximate surface area is 84.1 Å². The van der Waals surface area contributed by atoms with Crippen LogP contribution in [0.15, 0.2) is 23.2 Å². The van der Waals surface area contributed by atoms with Gasteiger partial charge in [0.15, 0.2) is 5.65 Å². The summed E-state index contributed by atoms with van der Waals surface area (Å²) in [6.45, 7) is 0.752. The first-order valence-electron chi connectivity index (χ1n) is 3.94. The molecule has 5 heteroatoms. The lowest BCUT2D eigenvalue weighted by Crippen LogP contribution is -2.05. The summed E-state index contributed by atoms with van der Waals surface area (Å²) in [6, 6.07) is 0. The van der Waals surface area contributed by atoms with Crippen molar-refractivity contribution >= 4 is 21.6 Å². The molecule has 2 aromatic heterocycles. The lowest BCUT2D eigenvalue weighted by Gasteiger charge is -1.94. The summed E-state index contributed by atoms with van der Waals surface area (Å²) in [7, 11) is 1.90. The van der Waals surface area contributed by atoms with E-state index in [0.29, 0.717) is 0 Å². The van der Waals surface area contributed by atoms with Crippen molar-refractivity contribution in [1.82, 2.24) is 19.7 Å². The molecule has 0 aromatic carbocycles. The van der Waals surface area contributed by atoms with Crippen LogP contribution >= 0.6 is 15.9 Å². The Morgan fingerprint density at radius 1 is 1.62 bits per heavy atom. The van der Waals surface area contributed by atoms with Crippen molar-refractivity contribution in [2.45, 2.75) is 6.54 Å². The number of nitrogens with one attached hydrogen (secondary N) is 1. The molecule has 0 bridgehead atoms. The van der Waals surface area contributed by atoms with Gasteiger partial charge >= 0.3 is 0 Å². The van der Waals surface area contributed by atoms with Crippen LogP contribution in [0.1, 0.15) is 5.69 Å². The Hall–Kier alpha value is -0.940. The molecule has 4 nitrogen and oxygen atoms in total. The van der Waals surface area contributed by atoms with E-state index in [0.717, 1.165) is 22.5 Å². The first-order valence-corrected chi connectivity index (χ1v) is 4.73. The predicted molar refractivity (Wildman–Crippen MR) is 53.5 cm³/mol. The molecule has 2 rings (SSSR count). The van der Waals surface area contributed by atoms with E-state index in [4.69, 9.17) is 0 Å². The van der Waals surface area contributed by atoms with Gasteiger partial charge in [-0.2, -0.15) is 0 Å². The minimum Gasteiger partial charge on any atom is -0.314 e. The zero-order valence-corrected chi connectivity index (χ0v) is 8.74. The molecule has 0 fully saturated rings. The number of imidazole rings is 1. The SMILES string of the molecule is CNCc1nc2cnccn2c1Br. The molecule has 13 heavy (non-hydrogen) atoms. The van der Waals surface area contributed by atoms with E-state index in [1.807, 2.05) is 17.6 Å². The Bertz CT molecular complexity index is 423. The Kier molecular flexibility index (Phi) is 2.28. The van der Waals surface area contributed by atoms with Crippen LogP contribution < -0.4 is 5.32 Å². The lowest BCUT2D eigenvalue weighted by atomic mass is 10.5. The second-order valence-corrected chi connectivity index (χ2v) is 3.44. The van der Waals surface area contributed by atoms with Gasteiger partial charge < -0.3 is 5.32 Å². The van der Waals surface area contributed by atoms with Gasteiger partial charge in [-0.3, -0.25) is 9.38 Å². The minimum absolute atomic E-state index is 0.752. The molecule has 0 aliphatic heterocycles. The fraction of sp³-hybridized carbons (Fsp3) is 0.250. The predicted octanol–water partition coefficient (Wildman–Crippen LogP) is 1.21. The highest BCUT2D eigenvalue weighted by molar-refractivity contribution is 9.10. The molecule has 0 aliphatic rings. The van der Waals surface area contributed by atoms with Gasteiger partial charge in [0.05, 0.1) is 11.9 Å². The third-order valence-corrected chi connectivity index (χ3v) is 2.62. The summed E-state index contributed by atoms with van der Waals surface area (Å²) < 4.78 is 2.94. The first-order chi connectivity index (χ1) is 6.33. The fourth-order valence-electron chi connectivity index (χ4n) is 1.21. The average molecular weight is 241 g/mol. The number of halogens is 1. The van der Waals surface area contributed by atoms with Crippen LogP contribution in [0.3, 0.4) is 0 Å². The Morgan fingerprint density at radius 2 is 2.46 bits per heavy atom. The maximum atomic E-state index is 4.39. The maximum absolute atomic E-state index is 4.39. The van der Waals surface area contributed by atoms with Gasteiger partial charge in [-0.25, -0.2) is 4.98 Å². The van der Waals surface area contributed by atoms with Gasteiger partial charge in [-0.1, -0.05) is 0 Å². The third kappa shape index (κ3) is 1.45. The quantitative estimate of drug-likeness (QED) is 0.859. The van der Waals surface area contributed by atoms with Gasteiger partial charge in [-0.15, -0.1) is 0 Å². The van der Waals surface area contributed by atoms with Gasteiger partial charge in [0.25, 0.3) is 0 Å². The minimum atomic E-state index is 0.752. The molecule has 0 unspecified atom stereocenters. The van der Waals surface area contributed by atoms with E-state index in [1.165, 1.54) is 0 Å². The largest absolute Gasteiger partial charge is 0.314 e. The molecule has 0 saturated heterocycles. The molecule has 68 valence electrons. The average Bonchev–Trinajstić information content (AvgIpc) is 2.46. The van der Waals surface area contributed by atoms with Crippen LogP contribution in [0.2, 0.25) is 0 Å². The number of fused-ring (bicyclic) bond motifs is 1. The number of nitrogens with zero attached hydrogens (tertiary/aromatic N) is 3. The van der Waals surface area contributed by atoms with E-state index in [-0.39, 0.29) is 0 Å². The van der Waals surface area contributed by atoms with Gasteiger partial charge in [0.1, 0.15) is 4.60 Å². The molecular weight excluding hydrogens is 232 g/mol. The van der Waals surface area contributed by atoms with Crippen LogP contribution in [0.4, 0.5) is 0 Å². The number of hydrogen-bond acceptors (Lipinski definition) is 3. The van der Waals surface area contributed by atoms with E-state index in [2.05, 4.69) is 31.2 Å². The van der Waals surface area contributed by atoms with Crippen molar-refractivity contribution in [3.8, 4) is 0 Å². The first kappa shape index (κ1) is 8.65. The van der Waals surface area contributed by atoms with E-state index >= 15 is 0 Å². The number of rotatable bonds is 2. The van der Waals surface area contributed by atoms with Gasteiger partial charge in [-0.05, 0) is 23.0 Å². The smallest absolute Gasteiger partial charge is 0.156 e. The van der Waals surface area contributed by atoms with Crippen molar-refractivity contribution < 1.29 is 0 Å². The van der Waals surface area contributed by atoms with Crippen molar-refractivity contribution in [1.29, 1.82) is 0 Å². The molecule has 0 spiro atoms. The van der Waals surface area contributed by atoms with Crippen LogP contribution in [0, 0.1) is 0 Å². The molecule has 1 N–H and O–H groups in total. The monoisotopic (exact) mass is 240 g/mol. The van der Waals surface area contributed by atoms with E-state index in [1.54, 1.807) is 12.4 Å². The second kappa shape index (κ2) is 3.43. The lowest BCUT2D eigenvalue weighted by molar-refractivity contribution is 0.793. The van der Waals surface area contributed by atoms with Crippen LogP contribution in [-0.4, -0.2) is 21.4 Å². The molecule has 0 saturated carbocycles. The van der Waals surface area contributed by atoms with Crippen LogP contribution in [0.25, 0.3) is 5.65 Å². The molecule has 0 atom stereocenters. The fourth-order valence-corrected chi connectivity index (χ4v) is 1.73. The van der Waals surface area contributed by atoms with Crippen LogP contribution in [-0.2, 0) is 6.54 Å². The maximum Gasteiger partial charge on any atom is 0.156 e. The van der Waals surface area contributed by atoms with Crippen molar-refractivity contribution in [3.05, 3.63) is 28.9 Å². The topological polar surface area (TPSA) is 42.2 Å². The molecule has 2 aromatic rings. The van der Waals surface area contributed by atoms with E-state index < -0.39 is 0 Å². The summed E-state index contributed by atoms with van der Waals surface area (Å²) in [6.07, 6.45) is 5.36.